The van der Waals surface area contributed by atoms with Gasteiger partial charge in [-0.2, -0.15) is 0 Å². The van der Waals surface area contributed by atoms with Crippen LogP contribution in [0.2, 0.25) is 0 Å². The van der Waals surface area contributed by atoms with Crippen molar-refractivity contribution in [1.82, 2.24) is 0 Å². The summed E-state index contributed by atoms with van der Waals surface area (Å²) in [5, 5.41) is 2.41. The zero-order valence-electron chi connectivity index (χ0n) is 11.0. The van der Waals surface area contributed by atoms with E-state index in [4.69, 9.17) is 4.74 Å². The van der Waals surface area contributed by atoms with Crippen molar-refractivity contribution >= 4 is 27.7 Å². The maximum Gasteiger partial charge on any atom is 0.573 e. The standard InChI is InChI=1S/C12H13BrF3NO3/c1-11(2,3)20-10(18)17-9-5-4-7(6-8(9)13)19-12(14,15)16/h4-6H,1-3H3,(H,17,18). The SMILES string of the molecule is CC(C)(C)OC(=O)Nc1ccc(OC(F)(F)F)cc1Br. The van der Waals surface area contributed by atoms with Crippen molar-refractivity contribution in [2.75, 3.05) is 5.32 Å². The van der Waals surface area contributed by atoms with E-state index in [0.717, 1.165) is 12.1 Å². The lowest BCUT2D eigenvalue weighted by molar-refractivity contribution is -0.274. The second-order valence-electron chi connectivity index (χ2n) is 4.82. The molecular formula is C12H13BrF3NO3. The number of benzene rings is 1. The molecule has 0 saturated heterocycles. The number of halogens is 4. The van der Waals surface area contributed by atoms with Crippen molar-refractivity contribution in [3.63, 3.8) is 0 Å². The molecule has 20 heavy (non-hydrogen) atoms. The van der Waals surface area contributed by atoms with E-state index in [-0.39, 0.29) is 15.9 Å². The Morgan fingerprint density at radius 3 is 2.30 bits per heavy atom. The molecule has 0 radical (unpaired) electrons. The molecule has 1 aromatic rings. The number of ether oxygens (including phenoxy) is 2. The molecule has 0 heterocycles. The number of anilines is 1. The monoisotopic (exact) mass is 355 g/mol. The summed E-state index contributed by atoms with van der Waals surface area (Å²) in [4.78, 5) is 11.5. The first-order chi connectivity index (χ1) is 8.96. The predicted octanol–water partition coefficient (Wildman–Crippen LogP) is 4.69. The molecule has 0 saturated carbocycles. The van der Waals surface area contributed by atoms with E-state index in [0.29, 0.717) is 0 Å². The van der Waals surface area contributed by atoms with E-state index in [1.54, 1.807) is 20.8 Å². The van der Waals surface area contributed by atoms with Crippen LogP contribution in [0.1, 0.15) is 20.8 Å². The summed E-state index contributed by atoms with van der Waals surface area (Å²) < 4.78 is 45.1. The molecular weight excluding hydrogens is 343 g/mol. The third-order valence-corrected chi connectivity index (χ3v) is 2.47. The molecule has 4 nitrogen and oxygen atoms in total. The fourth-order valence-electron chi connectivity index (χ4n) is 1.21. The Bertz CT molecular complexity index is 498. The third kappa shape index (κ3) is 6.14. The van der Waals surface area contributed by atoms with Gasteiger partial charge in [0, 0.05) is 4.47 Å². The van der Waals surface area contributed by atoms with Gasteiger partial charge in [0.15, 0.2) is 0 Å². The number of hydrogen-bond acceptors (Lipinski definition) is 3. The van der Waals surface area contributed by atoms with Gasteiger partial charge in [-0.3, -0.25) is 5.32 Å². The Morgan fingerprint density at radius 1 is 1.25 bits per heavy atom. The molecule has 1 rings (SSSR count). The van der Waals surface area contributed by atoms with E-state index in [1.165, 1.54) is 6.07 Å². The predicted molar refractivity (Wildman–Crippen MR) is 70.7 cm³/mol. The Hall–Kier alpha value is -1.44. The van der Waals surface area contributed by atoms with Gasteiger partial charge in [0.25, 0.3) is 0 Å². The van der Waals surface area contributed by atoms with Crippen molar-refractivity contribution in [1.29, 1.82) is 0 Å². The van der Waals surface area contributed by atoms with Crippen LogP contribution in [0.3, 0.4) is 0 Å². The summed E-state index contributed by atoms with van der Waals surface area (Å²) >= 11 is 3.05. The number of hydrogen-bond donors (Lipinski definition) is 1. The first-order valence-corrected chi connectivity index (χ1v) is 6.31. The normalized spacial score (nSPS) is 11.9. The minimum atomic E-state index is -4.76. The van der Waals surface area contributed by atoms with Crippen molar-refractivity contribution in [2.45, 2.75) is 32.7 Å². The Kier molecular flexibility index (Phi) is 4.90. The highest BCUT2D eigenvalue weighted by Gasteiger charge is 2.31. The minimum Gasteiger partial charge on any atom is -0.444 e. The number of nitrogens with one attached hydrogen (secondary N) is 1. The molecule has 0 aromatic heterocycles. The summed E-state index contributed by atoms with van der Waals surface area (Å²) in [7, 11) is 0. The first-order valence-electron chi connectivity index (χ1n) is 5.51. The van der Waals surface area contributed by atoms with Crippen LogP contribution in [0.25, 0.3) is 0 Å². The van der Waals surface area contributed by atoms with E-state index in [2.05, 4.69) is 26.0 Å². The molecule has 1 aromatic carbocycles. The quantitative estimate of drug-likeness (QED) is 0.836. The van der Waals surface area contributed by atoms with Crippen LogP contribution in [-0.2, 0) is 4.74 Å². The van der Waals surface area contributed by atoms with Gasteiger partial charge >= 0.3 is 12.5 Å². The highest BCUT2D eigenvalue weighted by molar-refractivity contribution is 9.10. The molecule has 0 unspecified atom stereocenters. The Morgan fingerprint density at radius 2 is 1.85 bits per heavy atom. The van der Waals surface area contributed by atoms with E-state index < -0.39 is 18.1 Å². The van der Waals surface area contributed by atoms with E-state index in [1.807, 2.05) is 0 Å². The van der Waals surface area contributed by atoms with Crippen LogP contribution in [0, 0.1) is 0 Å². The van der Waals surface area contributed by atoms with Crippen LogP contribution in [0.4, 0.5) is 23.7 Å². The fraction of sp³-hybridized carbons (Fsp3) is 0.417. The Labute approximate surface area is 122 Å². The maximum atomic E-state index is 12.0. The van der Waals surface area contributed by atoms with Crippen molar-refractivity contribution in [3.8, 4) is 5.75 Å². The van der Waals surface area contributed by atoms with E-state index >= 15 is 0 Å². The maximum absolute atomic E-state index is 12.0. The molecule has 1 N–H and O–H groups in total. The lowest BCUT2D eigenvalue weighted by atomic mass is 10.2. The largest absolute Gasteiger partial charge is 0.573 e. The van der Waals surface area contributed by atoms with Crippen LogP contribution >= 0.6 is 15.9 Å². The van der Waals surface area contributed by atoms with Crippen LogP contribution in [0.5, 0.6) is 5.75 Å². The van der Waals surface area contributed by atoms with Gasteiger partial charge < -0.3 is 9.47 Å². The number of alkyl halides is 3. The molecule has 0 aliphatic carbocycles. The van der Waals surface area contributed by atoms with Crippen molar-refractivity contribution < 1.29 is 27.4 Å². The molecule has 8 heteroatoms. The first kappa shape index (κ1) is 16.6. The number of carbonyl (C=O) groups excluding carboxylic acids is 1. The van der Waals surface area contributed by atoms with Crippen molar-refractivity contribution in [3.05, 3.63) is 22.7 Å². The van der Waals surface area contributed by atoms with E-state index in [9.17, 15) is 18.0 Å². The van der Waals surface area contributed by atoms with Crippen LogP contribution in [-0.4, -0.2) is 18.1 Å². The molecule has 112 valence electrons. The van der Waals surface area contributed by atoms with Gasteiger partial charge in [0.1, 0.15) is 11.4 Å². The van der Waals surface area contributed by atoms with Crippen molar-refractivity contribution in [2.24, 2.45) is 0 Å². The summed E-state index contributed by atoms with van der Waals surface area (Å²) in [6.07, 6.45) is -5.47. The second-order valence-corrected chi connectivity index (χ2v) is 5.67. The average Bonchev–Trinajstić information content (AvgIpc) is 2.17. The number of carbonyl (C=O) groups is 1. The molecule has 0 bridgehead atoms. The molecule has 0 spiro atoms. The zero-order chi connectivity index (χ0) is 15.6. The van der Waals surface area contributed by atoms with Crippen LogP contribution < -0.4 is 10.1 Å². The molecule has 0 aliphatic heterocycles. The molecule has 0 aliphatic rings. The lowest BCUT2D eigenvalue weighted by Crippen LogP contribution is -2.27. The highest BCUT2D eigenvalue weighted by atomic mass is 79.9. The second kappa shape index (κ2) is 5.90. The Balaban J connectivity index is 2.76. The van der Waals surface area contributed by atoms with Gasteiger partial charge in [-0.25, -0.2) is 4.79 Å². The minimum absolute atomic E-state index is 0.241. The smallest absolute Gasteiger partial charge is 0.444 e. The highest BCUT2D eigenvalue weighted by Crippen LogP contribution is 2.30. The van der Waals surface area contributed by atoms with Gasteiger partial charge in [0.2, 0.25) is 0 Å². The zero-order valence-corrected chi connectivity index (χ0v) is 12.6. The number of amides is 1. The summed E-state index contributed by atoms with van der Waals surface area (Å²) in [6.45, 7) is 5.09. The van der Waals surface area contributed by atoms with Crippen LogP contribution in [0.15, 0.2) is 22.7 Å². The van der Waals surface area contributed by atoms with Gasteiger partial charge in [-0.15, -0.1) is 13.2 Å². The number of rotatable bonds is 2. The molecule has 0 atom stereocenters. The van der Waals surface area contributed by atoms with Gasteiger partial charge in [-0.05, 0) is 54.9 Å². The average molecular weight is 356 g/mol. The summed E-state index contributed by atoms with van der Waals surface area (Å²) in [5.41, 5.74) is -0.399. The summed E-state index contributed by atoms with van der Waals surface area (Å²) in [6, 6.07) is 3.46. The van der Waals surface area contributed by atoms with Gasteiger partial charge in [0.05, 0.1) is 5.69 Å². The van der Waals surface area contributed by atoms with Gasteiger partial charge in [-0.1, -0.05) is 0 Å². The summed E-state index contributed by atoms with van der Waals surface area (Å²) in [5.74, 6) is -0.390. The fourth-order valence-corrected chi connectivity index (χ4v) is 1.66. The topological polar surface area (TPSA) is 47.6 Å². The molecule has 0 fully saturated rings. The third-order valence-electron chi connectivity index (χ3n) is 1.81. The molecule has 1 amide bonds. The lowest BCUT2D eigenvalue weighted by Gasteiger charge is -2.20.